The molecule has 1 heterocycles. The van der Waals surface area contributed by atoms with Crippen molar-refractivity contribution >= 4 is 71.3 Å². The summed E-state index contributed by atoms with van der Waals surface area (Å²) < 4.78 is 6.29. The molecule has 0 saturated carbocycles. The van der Waals surface area contributed by atoms with Crippen LogP contribution in [0.3, 0.4) is 0 Å². The van der Waals surface area contributed by atoms with Crippen molar-refractivity contribution in [3.63, 3.8) is 0 Å². The Balaban J connectivity index is 1.06. The maximum Gasteiger partial charge on any atom is 0.136 e. The van der Waals surface area contributed by atoms with Gasteiger partial charge in [-0.25, -0.2) is 0 Å². The number of benzene rings is 10. The quantitative estimate of drug-likeness (QED) is 0.160. The predicted molar refractivity (Wildman–Crippen MR) is 237 cm³/mol. The predicted octanol–water partition coefficient (Wildman–Crippen LogP) is 15.5. The normalized spacial score (nSPS) is 11.6. The van der Waals surface area contributed by atoms with Crippen LogP contribution in [-0.2, 0) is 0 Å². The lowest BCUT2D eigenvalue weighted by atomic mass is 9.91. The molecule has 0 amide bonds. The fourth-order valence-electron chi connectivity index (χ4n) is 8.61. The summed E-state index contributed by atoms with van der Waals surface area (Å²) in [6, 6.07) is 76.5. The summed E-state index contributed by atoms with van der Waals surface area (Å²) in [4.78, 5) is 2.36. The van der Waals surface area contributed by atoms with Crippen molar-refractivity contribution in [3.8, 4) is 33.4 Å². The molecule has 11 aromatic rings. The second kappa shape index (κ2) is 13.2. The largest absolute Gasteiger partial charge is 0.456 e. The highest BCUT2D eigenvalue weighted by atomic mass is 16.3. The summed E-state index contributed by atoms with van der Waals surface area (Å²) in [6.07, 6.45) is 0. The molecule has 0 saturated heterocycles. The standard InChI is InChI=1S/C54H35NO/c1-2-11-36(12-3-1)37-27-31-43(32-28-37)55(45-16-8-15-42(35-45)48-20-10-22-51-54(48)49-18-6-7-21-50(49)56-51)44-33-29-39(30-34-44)47-19-9-14-40-25-26-41-24-23-38-13-4-5-17-46(38)53(41)52(40)47/h1-35H. The first-order chi connectivity index (χ1) is 27.8. The van der Waals surface area contributed by atoms with Gasteiger partial charge in [0.25, 0.3) is 0 Å². The zero-order chi connectivity index (χ0) is 37.0. The van der Waals surface area contributed by atoms with Gasteiger partial charge < -0.3 is 9.32 Å². The van der Waals surface area contributed by atoms with Crippen LogP contribution in [0.15, 0.2) is 217 Å². The molecule has 0 aliphatic heterocycles. The molecule has 0 aliphatic carbocycles. The number of hydrogen-bond acceptors (Lipinski definition) is 2. The summed E-state index contributed by atoms with van der Waals surface area (Å²) in [5.74, 6) is 0. The maximum atomic E-state index is 6.29. The van der Waals surface area contributed by atoms with E-state index in [1.54, 1.807) is 0 Å². The first kappa shape index (κ1) is 32.0. The number of fused-ring (bicyclic) bond motifs is 8. The molecule has 262 valence electrons. The van der Waals surface area contributed by atoms with E-state index in [-0.39, 0.29) is 0 Å². The molecule has 0 radical (unpaired) electrons. The van der Waals surface area contributed by atoms with E-state index in [4.69, 9.17) is 4.42 Å². The number of para-hydroxylation sites is 1. The molecule has 2 nitrogen and oxygen atoms in total. The molecule has 2 heteroatoms. The zero-order valence-electron chi connectivity index (χ0n) is 30.6. The van der Waals surface area contributed by atoms with Gasteiger partial charge in [0.1, 0.15) is 11.2 Å². The molecular weight excluding hydrogens is 679 g/mol. The van der Waals surface area contributed by atoms with Crippen LogP contribution in [-0.4, -0.2) is 0 Å². The van der Waals surface area contributed by atoms with E-state index in [2.05, 4.69) is 205 Å². The Morgan fingerprint density at radius 1 is 0.286 bits per heavy atom. The molecule has 56 heavy (non-hydrogen) atoms. The lowest BCUT2D eigenvalue weighted by Gasteiger charge is -2.26. The Labute approximate surface area is 325 Å². The highest BCUT2D eigenvalue weighted by Crippen LogP contribution is 2.43. The van der Waals surface area contributed by atoms with Gasteiger partial charge in [0.15, 0.2) is 0 Å². The molecule has 10 aromatic carbocycles. The van der Waals surface area contributed by atoms with Crippen LogP contribution in [0.4, 0.5) is 17.1 Å². The van der Waals surface area contributed by atoms with Crippen LogP contribution in [0.2, 0.25) is 0 Å². The molecular formula is C54H35NO. The third-order valence-corrected chi connectivity index (χ3v) is 11.2. The Hall–Kier alpha value is -7.42. The minimum Gasteiger partial charge on any atom is -0.456 e. The highest BCUT2D eigenvalue weighted by Gasteiger charge is 2.18. The number of furan rings is 1. The van der Waals surface area contributed by atoms with E-state index in [9.17, 15) is 0 Å². The Kier molecular flexibility index (Phi) is 7.53. The van der Waals surface area contributed by atoms with Crippen LogP contribution in [0.25, 0.3) is 87.6 Å². The molecule has 0 spiro atoms. The highest BCUT2D eigenvalue weighted by molar-refractivity contribution is 6.24. The number of hydrogen-bond donors (Lipinski definition) is 0. The topological polar surface area (TPSA) is 16.4 Å². The summed E-state index contributed by atoms with van der Waals surface area (Å²) in [6.45, 7) is 0. The molecule has 0 atom stereocenters. The van der Waals surface area contributed by atoms with Gasteiger partial charge in [0, 0.05) is 27.8 Å². The van der Waals surface area contributed by atoms with Crippen molar-refractivity contribution in [2.75, 3.05) is 4.90 Å². The molecule has 0 aliphatic rings. The molecule has 0 fully saturated rings. The Morgan fingerprint density at radius 2 is 0.821 bits per heavy atom. The van der Waals surface area contributed by atoms with Gasteiger partial charge in [-0.15, -0.1) is 0 Å². The second-order valence-corrected chi connectivity index (χ2v) is 14.5. The summed E-state index contributed by atoms with van der Waals surface area (Å²) in [7, 11) is 0. The van der Waals surface area contributed by atoms with Crippen LogP contribution >= 0.6 is 0 Å². The van der Waals surface area contributed by atoms with Crippen LogP contribution < -0.4 is 4.90 Å². The number of anilines is 3. The average Bonchev–Trinajstić information content (AvgIpc) is 3.66. The van der Waals surface area contributed by atoms with Gasteiger partial charge in [-0.1, -0.05) is 164 Å². The smallest absolute Gasteiger partial charge is 0.136 e. The summed E-state index contributed by atoms with van der Waals surface area (Å²) in [5, 5.41) is 9.89. The van der Waals surface area contributed by atoms with Crippen LogP contribution in [0.5, 0.6) is 0 Å². The van der Waals surface area contributed by atoms with Crippen molar-refractivity contribution in [2.24, 2.45) is 0 Å². The Morgan fingerprint density at radius 3 is 1.61 bits per heavy atom. The molecule has 11 rings (SSSR count). The van der Waals surface area contributed by atoms with Crippen molar-refractivity contribution in [2.45, 2.75) is 0 Å². The van der Waals surface area contributed by atoms with E-state index >= 15 is 0 Å². The van der Waals surface area contributed by atoms with E-state index in [1.165, 1.54) is 54.6 Å². The van der Waals surface area contributed by atoms with Crippen LogP contribution in [0.1, 0.15) is 0 Å². The molecule has 0 unspecified atom stereocenters. The van der Waals surface area contributed by atoms with Crippen molar-refractivity contribution in [3.05, 3.63) is 212 Å². The molecule has 0 N–H and O–H groups in total. The van der Waals surface area contributed by atoms with E-state index in [0.29, 0.717) is 0 Å². The third kappa shape index (κ3) is 5.34. The van der Waals surface area contributed by atoms with Crippen molar-refractivity contribution in [1.82, 2.24) is 0 Å². The minimum absolute atomic E-state index is 0.896. The third-order valence-electron chi connectivity index (χ3n) is 11.2. The Bertz CT molecular complexity index is 3230. The number of nitrogens with zero attached hydrogens (tertiary/aromatic N) is 1. The minimum atomic E-state index is 0.896. The van der Waals surface area contributed by atoms with E-state index in [0.717, 1.165) is 50.1 Å². The summed E-state index contributed by atoms with van der Waals surface area (Å²) >= 11 is 0. The van der Waals surface area contributed by atoms with Gasteiger partial charge in [-0.05, 0) is 114 Å². The monoisotopic (exact) mass is 713 g/mol. The zero-order valence-corrected chi connectivity index (χ0v) is 30.6. The lowest BCUT2D eigenvalue weighted by Crippen LogP contribution is -2.10. The first-order valence-electron chi connectivity index (χ1n) is 19.2. The summed E-state index contributed by atoms with van der Waals surface area (Å²) in [5.41, 5.74) is 12.1. The van der Waals surface area contributed by atoms with Crippen molar-refractivity contribution < 1.29 is 4.42 Å². The lowest BCUT2D eigenvalue weighted by molar-refractivity contribution is 0.669. The van der Waals surface area contributed by atoms with E-state index in [1.807, 2.05) is 12.1 Å². The van der Waals surface area contributed by atoms with Gasteiger partial charge in [0.05, 0.1) is 0 Å². The number of rotatable bonds is 6. The maximum absolute atomic E-state index is 6.29. The van der Waals surface area contributed by atoms with Crippen LogP contribution in [0, 0.1) is 0 Å². The average molecular weight is 714 g/mol. The van der Waals surface area contributed by atoms with Gasteiger partial charge in [-0.3, -0.25) is 0 Å². The van der Waals surface area contributed by atoms with Gasteiger partial charge >= 0.3 is 0 Å². The second-order valence-electron chi connectivity index (χ2n) is 14.5. The van der Waals surface area contributed by atoms with E-state index < -0.39 is 0 Å². The van der Waals surface area contributed by atoms with Gasteiger partial charge in [-0.2, -0.15) is 0 Å². The van der Waals surface area contributed by atoms with Crippen molar-refractivity contribution in [1.29, 1.82) is 0 Å². The fraction of sp³-hybridized carbons (Fsp3) is 0. The first-order valence-corrected chi connectivity index (χ1v) is 19.2. The SMILES string of the molecule is c1ccc(-c2ccc(N(c3ccc(-c4cccc5ccc6ccc7ccccc7c6c45)cc3)c3cccc(-c4cccc5oc6ccccc6c45)c3)cc2)cc1. The molecule has 0 bridgehead atoms. The molecule has 1 aromatic heterocycles. The fourth-order valence-corrected chi connectivity index (χ4v) is 8.61. The van der Waals surface area contributed by atoms with Gasteiger partial charge in [0.2, 0.25) is 0 Å².